The van der Waals surface area contributed by atoms with Gasteiger partial charge in [0, 0.05) is 0 Å². The first-order valence-electron chi connectivity index (χ1n) is 2.09. The lowest BCUT2D eigenvalue weighted by atomic mass is 10.9. The molecular weight excluding hydrogens is 126 g/mol. The van der Waals surface area contributed by atoms with E-state index in [-0.39, 0.29) is 0 Å². The van der Waals surface area contributed by atoms with Crippen molar-refractivity contribution in [2.45, 2.75) is 0 Å². The molecule has 0 radical (unpaired) electrons. The minimum absolute atomic E-state index is 0.458. The first-order chi connectivity index (χ1) is 4.25. The summed E-state index contributed by atoms with van der Waals surface area (Å²) in [5.41, 5.74) is 0. The van der Waals surface area contributed by atoms with E-state index >= 15 is 0 Å². The van der Waals surface area contributed by atoms with Crippen molar-refractivity contribution >= 4 is 12.1 Å². The molecule has 0 spiro atoms. The van der Waals surface area contributed by atoms with Crippen LogP contribution in [-0.2, 0) is 4.84 Å². The molecule has 4 amide bonds. The second-order valence-corrected chi connectivity index (χ2v) is 1.24. The van der Waals surface area contributed by atoms with Gasteiger partial charge in [0.25, 0.3) is 0 Å². The molecule has 9 heavy (non-hydrogen) atoms. The van der Waals surface area contributed by atoms with Gasteiger partial charge in [-0.25, -0.2) is 9.59 Å². The Morgan fingerprint density at radius 3 is 2.00 bits per heavy atom. The summed E-state index contributed by atoms with van der Waals surface area (Å²) in [6, 6.07) is -1.58. The Kier molecular flexibility index (Phi) is 1.23. The fourth-order valence-electron chi connectivity index (χ4n) is 0.405. The van der Waals surface area contributed by atoms with Crippen LogP contribution in [0.5, 0.6) is 0 Å². The molecular formula is C3H3N3O3. The van der Waals surface area contributed by atoms with Crippen molar-refractivity contribution in [1.82, 2.24) is 5.06 Å². The Labute approximate surface area is 50.1 Å². The zero-order valence-electron chi connectivity index (χ0n) is 4.57. The molecule has 0 atom stereocenters. The van der Waals surface area contributed by atoms with Crippen LogP contribution in [0.2, 0.25) is 0 Å². The molecule has 0 bridgehead atoms. The Balaban J connectivity index is 2.75. The van der Waals surface area contributed by atoms with Gasteiger partial charge < -0.3 is 0 Å². The Morgan fingerprint density at radius 1 is 1.33 bits per heavy atom. The van der Waals surface area contributed by atoms with Crippen molar-refractivity contribution in [1.29, 1.82) is 0 Å². The molecule has 1 heterocycles. The van der Waals surface area contributed by atoms with E-state index < -0.39 is 12.1 Å². The highest BCUT2D eigenvalue weighted by Gasteiger charge is 2.27. The average Bonchev–Trinajstić information content (AvgIpc) is 2.12. The van der Waals surface area contributed by atoms with E-state index in [9.17, 15) is 9.59 Å². The molecule has 0 aromatic rings. The van der Waals surface area contributed by atoms with E-state index in [1.807, 2.05) is 0 Å². The Morgan fingerprint density at radius 2 is 1.78 bits per heavy atom. The second-order valence-electron chi connectivity index (χ2n) is 1.24. The normalized spacial score (nSPS) is 17.7. The van der Waals surface area contributed by atoms with Crippen molar-refractivity contribution in [3.63, 3.8) is 0 Å². The zero-order valence-corrected chi connectivity index (χ0v) is 4.57. The third kappa shape index (κ3) is 0.789. The lowest BCUT2D eigenvalue weighted by Crippen LogP contribution is -2.26. The molecule has 1 aliphatic rings. The van der Waals surface area contributed by atoms with Gasteiger partial charge in [0.2, 0.25) is 0 Å². The van der Waals surface area contributed by atoms with Crippen LogP contribution >= 0.6 is 0 Å². The first-order valence-corrected chi connectivity index (χ1v) is 2.09. The maximum Gasteiger partial charge on any atom is 0.395 e. The van der Waals surface area contributed by atoms with Crippen LogP contribution in [0, 0.1) is 0 Å². The van der Waals surface area contributed by atoms with E-state index in [1.54, 1.807) is 0 Å². The Hall–Kier alpha value is -1.30. The summed E-state index contributed by atoms with van der Waals surface area (Å²) in [6.07, 6.45) is 0. The molecule has 0 aromatic heterocycles. The number of azo groups is 1. The van der Waals surface area contributed by atoms with Crippen molar-refractivity contribution in [3.8, 4) is 0 Å². The third-order valence-corrected chi connectivity index (χ3v) is 0.751. The van der Waals surface area contributed by atoms with E-state index in [4.69, 9.17) is 0 Å². The van der Waals surface area contributed by atoms with Gasteiger partial charge in [-0.05, 0) is 0 Å². The quantitative estimate of drug-likeness (QED) is 0.519. The number of amides is 4. The number of hydrogen-bond donors (Lipinski definition) is 0. The van der Waals surface area contributed by atoms with Crippen LogP contribution in [0.25, 0.3) is 0 Å². The molecule has 6 heteroatoms. The molecule has 0 fully saturated rings. The molecule has 0 unspecified atom stereocenters. The maximum absolute atomic E-state index is 10.3. The van der Waals surface area contributed by atoms with Gasteiger partial charge in [-0.2, -0.15) is 0 Å². The smallest absolute Gasteiger partial charge is 0.264 e. The fraction of sp³-hybridized carbons (Fsp3) is 0.333. The van der Waals surface area contributed by atoms with Gasteiger partial charge in [-0.15, -0.1) is 5.06 Å². The van der Waals surface area contributed by atoms with E-state index in [2.05, 4.69) is 15.1 Å². The summed E-state index contributed by atoms with van der Waals surface area (Å²) < 4.78 is 0. The fourth-order valence-corrected chi connectivity index (χ4v) is 0.405. The summed E-state index contributed by atoms with van der Waals surface area (Å²) in [4.78, 5) is 25.0. The SMILES string of the molecule is CON1C(=O)N=NC1=O. The van der Waals surface area contributed by atoms with Crippen LogP contribution in [0.3, 0.4) is 0 Å². The number of urea groups is 2. The number of hydroxylamine groups is 2. The number of nitrogens with zero attached hydrogens (tertiary/aromatic N) is 3. The highest BCUT2D eigenvalue weighted by molar-refractivity contribution is 5.97. The van der Waals surface area contributed by atoms with Crippen LogP contribution in [0.15, 0.2) is 10.2 Å². The first kappa shape index (κ1) is 5.83. The molecule has 0 aliphatic carbocycles. The van der Waals surface area contributed by atoms with Crippen molar-refractivity contribution in [3.05, 3.63) is 0 Å². The molecule has 48 valence electrons. The molecule has 1 rings (SSSR count). The van der Waals surface area contributed by atoms with Crippen molar-refractivity contribution < 1.29 is 14.4 Å². The summed E-state index contributed by atoms with van der Waals surface area (Å²) in [5, 5.41) is 6.27. The van der Waals surface area contributed by atoms with Crippen LogP contribution < -0.4 is 0 Å². The van der Waals surface area contributed by atoms with E-state index in [0.29, 0.717) is 5.06 Å². The van der Waals surface area contributed by atoms with Crippen LogP contribution in [0.4, 0.5) is 9.59 Å². The van der Waals surface area contributed by atoms with Crippen LogP contribution in [0.1, 0.15) is 0 Å². The average molecular weight is 129 g/mol. The highest BCUT2D eigenvalue weighted by atomic mass is 16.7. The summed E-state index contributed by atoms with van der Waals surface area (Å²) in [5.74, 6) is 0. The van der Waals surface area contributed by atoms with Gasteiger partial charge in [0.15, 0.2) is 0 Å². The minimum Gasteiger partial charge on any atom is -0.264 e. The zero-order chi connectivity index (χ0) is 6.85. The standard InChI is InChI=1S/C3H3N3O3/c1-9-6-2(7)4-5-3(6)8/h1H3. The Bertz CT molecular complexity index is 169. The molecule has 0 saturated carbocycles. The molecule has 0 N–H and O–H groups in total. The van der Waals surface area contributed by atoms with Gasteiger partial charge in [-0.3, -0.25) is 4.84 Å². The van der Waals surface area contributed by atoms with Gasteiger partial charge in [0.05, 0.1) is 7.11 Å². The molecule has 6 nitrogen and oxygen atoms in total. The van der Waals surface area contributed by atoms with Crippen molar-refractivity contribution in [2.75, 3.05) is 7.11 Å². The third-order valence-electron chi connectivity index (χ3n) is 0.751. The second kappa shape index (κ2) is 1.90. The van der Waals surface area contributed by atoms with Gasteiger partial charge in [0.1, 0.15) is 0 Å². The maximum atomic E-state index is 10.3. The predicted octanol–water partition coefficient (Wildman–Crippen LogP) is 0.556. The largest absolute Gasteiger partial charge is 0.395 e. The minimum atomic E-state index is -0.789. The lowest BCUT2D eigenvalue weighted by Gasteiger charge is -2.02. The lowest BCUT2D eigenvalue weighted by molar-refractivity contribution is -0.0352. The molecule has 1 aliphatic heterocycles. The summed E-state index contributed by atoms with van der Waals surface area (Å²) in [6.45, 7) is 0. The van der Waals surface area contributed by atoms with E-state index in [1.165, 1.54) is 7.11 Å². The van der Waals surface area contributed by atoms with Gasteiger partial charge in [-0.1, -0.05) is 10.2 Å². The molecule has 0 aromatic carbocycles. The topological polar surface area (TPSA) is 71.3 Å². The number of rotatable bonds is 1. The number of carbonyl (C=O) groups is 2. The predicted molar refractivity (Wildman–Crippen MR) is 24.5 cm³/mol. The number of carbonyl (C=O) groups excluding carboxylic acids is 2. The summed E-state index contributed by atoms with van der Waals surface area (Å²) >= 11 is 0. The number of hydrogen-bond acceptors (Lipinski definition) is 3. The van der Waals surface area contributed by atoms with E-state index in [0.717, 1.165) is 0 Å². The highest BCUT2D eigenvalue weighted by Crippen LogP contribution is 2.05. The monoisotopic (exact) mass is 129 g/mol. The van der Waals surface area contributed by atoms with Crippen LogP contribution in [-0.4, -0.2) is 24.2 Å². The van der Waals surface area contributed by atoms with Crippen molar-refractivity contribution in [2.24, 2.45) is 10.2 Å². The summed E-state index contributed by atoms with van der Waals surface area (Å²) in [7, 11) is 1.19. The number of imide groups is 1. The molecule has 0 saturated heterocycles. The van der Waals surface area contributed by atoms with Gasteiger partial charge >= 0.3 is 12.1 Å².